The quantitative estimate of drug-likeness (QED) is 0.535. The Bertz CT molecular complexity index is 284. The highest BCUT2D eigenvalue weighted by Crippen LogP contribution is 1.99. The lowest BCUT2D eigenvalue weighted by molar-refractivity contribution is -0.141. The second kappa shape index (κ2) is 6.58. The molecule has 6 nitrogen and oxygen atoms in total. The van der Waals surface area contributed by atoms with Crippen molar-refractivity contribution >= 4 is 17.8 Å². The molecule has 0 spiro atoms. The van der Waals surface area contributed by atoms with Crippen molar-refractivity contribution in [2.45, 2.75) is 13.3 Å². The number of carbonyl (C=O) groups excluding carboxylic acids is 1. The molecular weight excluding hydrogens is 202 g/mol. The van der Waals surface area contributed by atoms with Crippen molar-refractivity contribution < 1.29 is 24.6 Å². The van der Waals surface area contributed by atoms with E-state index in [2.05, 4.69) is 5.32 Å². The van der Waals surface area contributed by atoms with Gasteiger partial charge in [0.2, 0.25) is 5.91 Å². The Morgan fingerprint density at radius 1 is 1.27 bits per heavy atom. The van der Waals surface area contributed by atoms with E-state index in [1.807, 2.05) is 0 Å². The van der Waals surface area contributed by atoms with Gasteiger partial charge in [0.25, 0.3) is 0 Å². The van der Waals surface area contributed by atoms with Crippen molar-refractivity contribution in [3.05, 3.63) is 12.2 Å². The standard InChI is InChI=1S/C9H13NO5/c1-2-6(9(14)15)5-10-7(11)3-4-8(12)13/h3-4,6H,2,5H2,1H3,(H,10,11)(H,12,13)(H,14,15)/b4-3-. The predicted octanol–water partition coefficient (Wildman–Crippen LogP) is -0.146. The monoisotopic (exact) mass is 215 g/mol. The zero-order valence-corrected chi connectivity index (χ0v) is 8.27. The fraction of sp³-hybridized carbons (Fsp3) is 0.444. The van der Waals surface area contributed by atoms with Crippen molar-refractivity contribution in [2.75, 3.05) is 6.54 Å². The molecular formula is C9H13NO5. The highest BCUT2D eigenvalue weighted by Gasteiger charge is 2.14. The number of carboxylic acid groups (broad SMARTS) is 2. The molecule has 1 amide bonds. The van der Waals surface area contributed by atoms with Crippen LogP contribution in [0.2, 0.25) is 0 Å². The molecule has 0 aromatic rings. The summed E-state index contributed by atoms with van der Waals surface area (Å²) < 4.78 is 0. The topological polar surface area (TPSA) is 104 Å². The van der Waals surface area contributed by atoms with Crippen LogP contribution in [0.3, 0.4) is 0 Å². The third-order valence-corrected chi connectivity index (χ3v) is 1.74. The fourth-order valence-corrected chi connectivity index (χ4v) is 0.836. The number of hydrogen-bond acceptors (Lipinski definition) is 3. The van der Waals surface area contributed by atoms with Gasteiger partial charge in [-0.05, 0) is 6.42 Å². The molecule has 0 aliphatic carbocycles. The zero-order chi connectivity index (χ0) is 11.8. The van der Waals surface area contributed by atoms with Gasteiger partial charge in [-0.25, -0.2) is 4.79 Å². The average molecular weight is 215 g/mol. The molecule has 0 aromatic heterocycles. The summed E-state index contributed by atoms with van der Waals surface area (Å²) in [6, 6.07) is 0. The fourth-order valence-electron chi connectivity index (χ4n) is 0.836. The zero-order valence-electron chi connectivity index (χ0n) is 8.27. The molecule has 0 heterocycles. The van der Waals surface area contributed by atoms with Gasteiger partial charge in [0.05, 0.1) is 5.92 Å². The van der Waals surface area contributed by atoms with Gasteiger partial charge < -0.3 is 15.5 Å². The lowest BCUT2D eigenvalue weighted by atomic mass is 10.1. The Balaban J connectivity index is 3.99. The summed E-state index contributed by atoms with van der Waals surface area (Å²) in [6.45, 7) is 1.69. The number of carboxylic acids is 2. The minimum atomic E-state index is -1.23. The van der Waals surface area contributed by atoms with E-state index in [-0.39, 0.29) is 6.54 Å². The molecule has 84 valence electrons. The van der Waals surface area contributed by atoms with Crippen LogP contribution in [0.1, 0.15) is 13.3 Å². The van der Waals surface area contributed by atoms with E-state index < -0.39 is 23.8 Å². The Hall–Kier alpha value is -1.85. The average Bonchev–Trinajstić information content (AvgIpc) is 2.15. The molecule has 0 bridgehead atoms. The Morgan fingerprint density at radius 2 is 1.87 bits per heavy atom. The lowest BCUT2D eigenvalue weighted by Gasteiger charge is -2.09. The van der Waals surface area contributed by atoms with Crippen molar-refractivity contribution in [1.82, 2.24) is 5.32 Å². The molecule has 0 aliphatic rings. The molecule has 0 aromatic carbocycles. The summed E-state index contributed by atoms with van der Waals surface area (Å²) in [5.41, 5.74) is 0. The third kappa shape index (κ3) is 6.25. The number of aliphatic carboxylic acids is 2. The van der Waals surface area contributed by atoms with E-state index in [1.165, 1.54) is 0 Å². The Labute approximate surface area is 86.6 Å². The molecule has 6 heteroatoms. The molecule has 0 rings (SSSR count). The molecule has 0 saturated heterocycles. The van der Waals surface area contributed by atoms with Crippen molar-refractivity contribution in [3.63, 3.8) is 0 Å². The third-order valence-electron chi connectivity index (χ3n) is 1.74. The first-order valence-electron chi connectivity index (χ1n) is 4.39. The van der Waals surface area contributed by atoms with Gasteiger partial charge >= 0.3 is 11.9 Å². The largest absolute Gasteiger partial charge is 0.481 e. The summed E-state index contributed by atoms with van der Waals surface area (Å²) in [7, 11) is 0. The van der Waals surface area contributed by atoms with E-state index >= 15 is 0 Å². The van der Waals surface area contributed by atoms with Crippen molar-refractivity contribution in [1.29, 1.82) is 0 Å². The summed E-state index contributed by atoms with van der Waals surface area (Å²) in [6.07, 6.45) is 1.94. The van der Waals surface area contributed by atoms with Gasteiger partial charge in [-0.2, -0.15) is 0 Å². The van der Waals surface area contributed by atoms with E-state index in [0.29, 0.717) is 12.5 Å². The van der Waals surface area contributed by atoms with E-state index in [4.69, 9.17) is 10.2 Å². The van der Waals surface area contributed by atoms with Gasteiger partial charge in [-0.1, -0.05) is 6.92 Å². The number of carbonyl (C=O) groups is 3. The first kappa shape index (κ1) is 13.2. The molecule has 0 aliphatic heterocycles. The maximum absolute atomic E-state index is 10.9. The number of hydrogen-bond donors (Lipinski definition) is 3. The van der Waals surface area contributed by atoms with Gasteiger partial charge in [0.15, 0.2) is 0 Å². The first-order valence-corrected chi connectivity index (χ1v) is 4.39. The van der Waals surface area contributed by atoms with Crippen LogP contribution in [-0.4, -0.2) is 34.6 Å². The van der Waals surface area contributed by atoms with Gasteiger partial charge in [-0.15, -0.1) is 0 Å². The van der Waals surface area contributed by atoms with Crippen LogP contribution in [0, 0.1) is 5.92 Å². The second-order valence-electron chi connectivity index (χ2n) is 2.86. The summed E-state index contributed by atoms with van der Waals surface area (Å²) in [5.74, 6) is -3.47. The Morgan fingerprint density at radius 3 is 2.27 bits per heavy atom. The highest BCUT2D eigenvalue weighted by atomic mass is 16.4. The number of nitrogens with one attached hydrogen (secondary N) is 1. The molecule has 15 heavy (non-hydrogen) atoms. The van der Waals surface area contributed by atoms with Gasteiger partial charge in [-0.3, -0.25) is 9.59 Å². The molecule has 0 radical (unpaired) electrons. The second-order valence-corrected chi connectivity index (χ2v) is 2.86. The summed E-state index contributed by atoms with van der Waals surface area (Å²) >= 11 is 0. The molecule has 1 atom stereocenters. The van der Waals surface area contributed by atoms with Crippen LogP contribution in [0.4, 0.5) is 0 Å². The molecule has 3 N–H and O–H groups in total. The van der Waals surface area contributed by atoms with E-state index in [0.717, 1.165) is 6.08 Å². The SMILES string of the molecule is CCC(CNC(=O)/C=C\C(=O)O)C(=O)O. The van der Waals surface area contributed by atoms with Crippen LogP contribution >= 0.6 is 0 Å². The van der Waals surface area contributed by atoms with Crippen LogP contribution in [0.5, 0.6) is 0 Å². The van der Waals surface area contributed by atoms with Crippen LogP contribution in [0.15, 0.2) is 12.2 Å². The minimum Gasteiger partial charge on any atom is -0.481 e. The number of amides is 1. The van der Waals surface area contributed by atoms with Crippen LogP contribution in [-0.2, 0) is 14.4 Å². The highest BCUT2D eigenvalue weighted by molar-refractivity contribution is 5.94. The van der Waals surface area contributed by atoms with Gasteiger partial charge in [0.1, 0.15) is 0 Å². The minimum absolute atomic E-state index is 0.00533. The smallest absolute Gasteiger partial charge is 0.328 e. The molecule has 0 saturated carbocycles. The maximum atomic E-state index is 10.9. The van der Waals surface area contributed by atoms with Gasteiger partial charge in [0, 0.05) is 18.7 Å². The first-order chi connectivity index (χ1) is 6.97. The summed E-state index contributed by atoms with van der Waals surface area (Å²) in [4.78, 5) is 31.5. The normalized spacial score (nSPS) is 12.3. The van der Waals surface area contributed by atoms with Crippen molar-refractivity contribution in [3.8, 4) is 0 Å². The van der Waals surface area contributed by atoms with E-state index in [9.17, 15) is 14.4 Å². The maximum Gasteiger partial charge on any atom is 0.328 e. The van der Waals surface area contributed by atoms with Crippen LogP contribution in [0.25, 0.3) is 0 Å². The van der Waals surface area contributed by atoms with Crippen LogP contribution < -0.4 is 5.32 Å². The molecule has 0 fully saturated rings. The summed E-state index contributed by atoms with van der Waals surface area (Å²) in [5, 5.41) is 19.2. The predicted molar refractivity (Wildman–Crippen MR) is 51.2 cm³/mol. The lowest BCUT2D eigenvalue weighted by Crippen LogP contribution is -2.31. The Kier molecular flexibility index (Phi) is 5.77. The van der Waals surface area contributed by atoms with Crippen molar-refractivity contribution in [2.24, 2.45) is 5.92 Å². The number of rotatable bonds is 6. The molecule has 1 unspecified atom stereocenters. The van der Waals surface area contributed by atoms with E-state index in [1.54, 1.807) is 6.92 Å².